The molecule has 1 N–H and O–H groups in total. The zero-order valence-electron chi connectivity index (χ0n) is 15.1. The molecular formula is C22H20N4S. The second-order valence-corrected chi connectivity index (χ2v) is 7.12. The summed E-state index contributed by atoms with van der Waals surface area (Å²) in [4.78, 5) is 10.1. The lowest BCUT2D eigenvalue weighted by molar-refractivity contribution is 0.830. The molecule has 0 radical (unpaired) electrons. The van der Waals surface area contributed by atoms with E-state index in [0.717, 1.165) is 52.5 Å². The number of thiophene rings is 1. The smallest absolute Gasteiger partial charge is 0.157 e. The quantitative estimate of drug-likeness (QED) is 0.393. The van der Waals surface area contributed by atoms with Crippen molar-refractivity contribution in [2.24, 2.45) is 0 Å². The summed E-state index contributed by atoms with van der Waals surface area (Å²) in [5, 5.41) is 5.63. The first-order chi connectivity index (χ1) is 13.3. The summed E-state index contributed by atoms with van der Waals surface area (Å²) in [6.45, 7) is 3.11. The number of aromatic nitrogens is 3. The van der Waals surface area contributed by atoms with Crippen molar-refractivity contribution in [2.75, 3.05) is 11.9 Å². The van der Waals surface area contributed by atoms with Crippen molar-refractivity contribution in [2.45, 2.75) is 19.8 Å². The average Bonchev–Trinajstić information content (AvgIpc) is 3.32. The van der Waals surface area contributed by atoms with Crippen LogP contribution in [-0.4, -0.2) is 20.9 Å². The molecular weight excluding hydrogens is 352 g/mol. The number of hydrogen-bond donors (Lipinski definition) is 1. The molecule has 0 amide bonds. The molecule has 0 aliphatic carbocycles. The fourth-order valence-electron chi connectivity index (χ4n) is 2.82. The van der Waals surface area contributed by atoms with Crippen molar-refractivity contribution >= 4 is 22.8 Å². The zero-order valence-corrected chi connectivity index (χ0v) is 16.0. The van der Waals surface area contributed by atoms with Gasteiger partial charge < -0.3 is 5.32 Å². The van der Waals surface area contributed by atoms with Gasteiger partial charge in [0.05, 0.1) is 11.1 Å². The minimum absolute atomic E-state index is 0.844. The van der Waals surface area contributed by atoms with Crippen molar-refractivity contribution in [3.8, 4) is 22.4 Å². The van der Waals surface area contributed by atoms with Crippen molar-refractivity contribution in [1.82, 2.24) is 14.4 Å². The van der Waals surface area contributed by atoms with E-state index in [1.807, 2.05) is 36.5 Å². The first-order valence-electron chi connectivity index (χ1n) is 9.07. The predicted octanol–water partition coefficient (Wildman–Crippen LogP) is 5.07. The third kappa shape index (κ3) is 3.86. The lowest BCUT2D eigenvalue weighted by Crippen LogP contribution is -2.04. The molecule has 0 saturated carbocycles. The van der Waals surface area contributed by atoms with Crippen LogP contribution in [0.25, 0.3) is 16.2 Å². The van der Waals surface area contributed by atoms with Gasteiger partial charge >= 0.3 is 0 Å². The summed E-state index contributed by atoms with van der Waals surface area (Å²) >= 11 is 1.67. The molecule has 4 aromatic rings. The molecule has 0 aliphatic heterocycles. The molecule has 0 fully saturated rings. The van der Waals surface area contributed by atoms with Crippen LogP contribution in [0, 0.1) is 11.8 Å². The van der Waals surface area contributed by atoms with Gasteiger partial charge in [-0.2, -0.15) is 0 Å². The normalized spacial score (nSPS) is 10.6. The monoisotopic (exact) mass is 372 g/mol. The van der Waals surface area contributed by atoms with Gasteiger partial charge in [0.25, 0.3) is 0 Å². The standard InChI is InChI=1S/C22H20N4S/c1-2-3-11-24-22-21(25-20-15-23-12-13-26(20)22)19-14-18(16-27-19)10-9-17-7-5-4-6-8-17/h4-8,12-16,24H,2-3,11H2,1H3. The Morgan fingerprint density at radius 3 is 2.85 bits per heavy atom. The molecule has 134 valence electrons. The number of nitrogens with one attached hydrogen (secondary N) is 1. The minimum atomic E-state index is 0.844. The lowest BCUT2D eigenvalue weighted by atomic mass is 10.2. The second-order valence-electron chi connectivity index (χ2n) is 6.21. The zero-order chi connectivity index (χ0) is 18.5. The van der Waals surface area contributed by atoms with Crippen LogP contribution in [-0.2, 0) is 0 Å². The Hall–Kier alpha value is -3.10. The number of rotatable bonds is 5. The van der Waals surface area contributed by atoms with Crippen LogP contribution in [0.15, 0.2) is 60.4 Å². The van der Waals surface area contributed by atoms with E-state index in [2.05, 4.69) is 44.9 Å². The van der Waals surface area contributed by atoms with Crippen LogP contribution in [0.1, 0.15) is 30.9 Å². The van der Waals surface area contributed by atoms with Gasteiger partial charge in [-0.3, -0.25) is 9.38 Å². The summed E-state index contributed by atoms with van der Waals surface area (Å²) in [7, 11) is 0. The van der Waals surface area contributed by atoms with E-state index in [9.17, 15) is 0 Å². The Labute approximate surface area is 162 Å². The van der Waals surface area contributed by atoms with E-state index in [4.69, 9.17) is 4.98 Å². The molecule has 0 unspecified atom stereocenters. The number of fused-ring (bicyclic) bond motifs is 1. The Bertz CT molecular complexity index is 1100. The molecule has 0 atom stereocenters. The van der Waals surface area contributed by atoms with Crippen LogP contribution in [0.4, 0.5) is 5.82 Å². The Balaban J connectivity index is 1.67. The SMILES string of the molecule is CCCCNc1c(-c2cc(C#Cc3ccccc3)cs2)nc2cnccn12. The maximum absolute atomic E-state index is 4.79. The van der Waals surface area contributed by atoms with Crippen molar-refractivity contribution in [3.63, 3.8) is 0 Å². The Kier molecular flexibility index (Phi) is 5.17. The molecule has 5 heteroatoms. The third-order valence-corrected chi connectivity index (χ3v) is 5.15. The van der Waals surface area contributed by atoms with E-state index in [1.54, 1.807) is 23.7 Å². The maximum atomic E-state index is 4.79. The van der Waals surface area contributed by atoms with Crippen LogP contribution >= 0.6 is 11.3 Å². The molecule has 1 aromatic carbocycles. The average molecular weight is 372 g/mol. The molecule has 0 bridgehead atoms. The maximum Gasteiger partial charge on any atom is 0.157 e. The van der Waals surface area contributed by atoms with Gasteiger partial charge in [-0.05, 0) is 24.6 Å². The van der Waals surface area contributed by atoms with Gasteiger partial charge in [-0.25, -0.2) is 4.98 Å². The minimum Gasteiger partial charge on any atom is -0.369 e. The lowest BCUT2D eigenvalue weighted by Gasteiger charge is -2.06. The summed E-state index contributed by atoms with van der Waals surface area (Å²) in [5.74, 6) is 7.48. The molecule has 3 heterocycles. The fourth-order valence-corrected chi connectivity index (χ4v) is 3.65. The highest BCUT2D eigenvalue weighted by Gasteiger charge is 2.15. The largest absolute Gasteiger partial charge is 0.369 e. The van der Waals surface area contributed by atoms with E-state index in [1.165, 1.54) is 0 Å². The molecule has 0 saturated heterocycles. The summed E-state index contributed by atoms with van der Waals surface area (Å²) in [6.07, 6.45) is 7.80. The second kappa shape index (κ2) is 8.07. The molecule has 0 spiro atoms. The molecule has 4 rings (SSSR count). The van der Waals surface area contributed by atoms with E-state index < -0.39 is 0 Å². The van der Waals surface area contributed by atoms with Gasteiger partial charge in [-0.1, -0.05) is 43.4 Å². The van der Waals surface area contributed by atoms with Crippen LogP contribution in [0.5, 0.6) is 0 Å². The van der Waals surface area contributed by atoms with Gasteiger partial charge in [0.2, 0.25) is 0 Å². The van der Waals surface area contributed by atoms with E-state index >= 15 is 0 Å². The molecule has 27 heavy (non-hydrogen) atoms. The molecule has 0 aliphatic rings. The third-order valence-electron chi connectivity index (χ3n) is 4.21. The molecule has 4 nitrogen and oxygen atoms in total. The van der Waals surface area contributed by atoms with Crippen LogP contribution in [0.3, 0.4) is 0 Å². The number of nitrogens with zero attached hydrogens (tertiary/aromatic N) is 3. The first kappa shape index (κ1) is 17.3. The number of hydrogen-bond acceptors (Lipinski definition) is 4. The summed E-state index contributed by atoms with van der Waals surface area (Å²) in [6, 6.07) is 12.2. The highest BCUT2D eigenvalue weighted by atomic mass is 32.1. The van der Waals surface area contributed by atoms with Gasteiger partial charge in [0.1, 0.15) is 11.5 Å². The van der Waals surface area contributed by atoms with Crippen LogP contribution in [0.2, 0.25) is 0 Å². The van der Waals surface area contributed by atoms with Crippen LogP contribution < -0.4 is 5.32 Å². The predicted molar refractivity (Wildman–Crippen MR) is 112 cm³/mol. The topological polar surface area (TPSA) is 42.2 Å². The number of unbranched alkanes of at least 4 members (excludes halogenated alkanes) is 1. The van der Waals surface area contributed by atoms with Gasteiger partial charge in [0, 0.05) is 35.4 Å². The van der Waals surface area contributed by atoms with Crippen molar-refractivity contribution in [3.05, 3.63) is 71.5 Å². The van der Waals surface area contributed by atoms with Crippen molar-refractivity contribution in [1.29, 1.82) is 0 Å². The highest BCUT2D eigenvalue weighted by Crippen LogP contribution is 2.33. The fraction of sp³-hybridized carbons (Fsp3) is 0.182. The summed E-state index contributed by atoms with van der Waals surface area (Å²) in [5.41, 5.74) is 3.83. The molecule has 3 aromatic heterocycles. The number of imidazole rings is 1. The first-order valence-corrected chi connectivity index (χ1v) is 9.95. The number of anilines is 1. The van der Waals surface area contributed by atoms with Gasteiger partial charge in [-0.15, -0.1) is 11.3 Å². The summed E-state index contributed by atoms with van der Waals surface area (Å²) < 4.78 is 2.06. The van der Waals surface area contributed by atoms with E-state index in [0.29, 0.717) is 0 Å². The van der Waals surface area contributed by atoms with Crippen molar-refractivity contribution < 1.29 is 0 Å². The Morgan fingerprint density at radius 1 is 1.15 bits per heavy atom. The van der Waals surface area contributed by atoms with Gasteiger partial charge in [0.15, 0.2) is 5.65 Å². The van der Waals surface area contributed by atoms with E-state index in [-0.39, 0.29) is 0 Å². The number of benzene rings is 1. The Morgan fingerprint density at radius 2 is 2.00 bits per heavy atom. The highest BCUT2D eigenvalue weighted by molar-refractivity contribution is 7.13.